The Bertz CT molecular complexity index is 742. The zero-order chi connectivity index (χ0) is 17.4. The van der Waals surface area contributed by atoms with Gasteiger partial charge in [-0.1, -0.05) is 24.6 Å². The van der Waals surface area contributed by atoms with Crippen LogP contribution >= 0.6 is 0 Å². The number of carbonyl (C=O) groups is 1. The molecule has 2 unspecified atom stereocenters. The van der Waals surface area contributed by atoms with Crippen molar-refractivity contribution in [1.82, 2.24) is 10.3 Å². The lowest BCUT2D eigenvalue weighted by atomic mass is 9.67. The van der Waals surface area contributed by atoms with Crippen LogP contribution in [0.15, 0.2) is 34.7 Å². The summed E-state index contributed by atoms with van der Waals surface area (Å²) in [7, 11) is 0. The number of fused-ring (bicyclic) bond motifs is 2. The zero-order valence-electron chi connectivity index (χ0n) is 14.6. The summed E-state index contributed by atoms with van der Waals surface area (Å²) in [6, 6.07) is 10.2. The Labute approximate surface area is 148 Å². The molecule has 2 atom stereocenters. The number of amides is 1. The van der Waals surface area contributed by atoms with Crippen molar-refractivity contribution in [1.29, 1.82) is 0 Å². The predicted molar refractivity (Wildman–Crippen MR) is 96.0 cm³/mol. The molecule has 4 rings (SSSR count). The number of nitrogens with zero attached hydrogens (tertiary/aromatic N) is 1. The molecule has 5 heteroatoms. The molecule has 0 radical (unpaired) electrons. The Hall–Kier alpha value is -2.14. The average molecular weight is 339 g/mol. The van der Waals surface area contributed by atoms with E-state index in [1.165, 1.54) is 6.42 Å². The van der Waals surface area contributed by atoms with Crippen molar-refractivity contribution in [3.05, 3.63) is 41.8 Å². The molecule has 2 aliphatic rings. The van der Waals surface area contributed by atoms with Gasteiger partial charge in [0.05, 0.1) is 5.69 Å². The molecule has 2 bridgehead atoms. The minimum absolute atomic E-state index is 0.149. The molecule has 0 saturated heterocycles. The highest BCUT2D eigenvalue weighted by Crippen LogP contribution is 2.39. The van der Waals surface area contributed by atoms with Gasteiger partial charge in [0.2, 0.25) is 11.7 Å². The summed E-state index contributed by atoms with van der Waals surface area (Å²) >= 11 is 0. The second-order valence-corrected chi connectivity index (χ2v) is 7.48. The minimum Gasteiger partial charge on any atom is -0.431 e. The molecule has 2 fully saturated rings. The first-order valence-electron chi connectivity index (χ1n) is 9.21. The monoisotopic (exact) mass is 339 g/mol. The molecule has 5 nitrogen and oxygen atoms in total. The van der Waals surface area contributed by atoms with E-state index in [0.29, 0.717) is 29.2 Å². The number of carbonyl (C=O) groups excluding carboxylic acids is 1. The molecular weight excluding hydrogens is 314 g/mol. The quantitative estimate of drug-likeness (QED) is 0.899. The fraction of sp³-hybridized carbons (Fsp3) is 0.500. The van der Waals surface area contributed by atoms with E-state index in [1.807, 2.05) is 37.3 Å². The molecule has 0 spiro atoms. The second kappa shape index (κ2) is 6.64. The summed E-state index contributed by atoms with van der Waals surface area (Å²) < 4.78 is 5.80. The maximum Gasteiger partial charge on any atom is 0.289 e. The van der Waals surface area contributed by atoms with Crippen molar-refractivity contribution in [2.24, 2.45) is 17.6 Å². The molecule has 1 heterocycles. The average Bonchev–Trinajstić information content (AvgIpc) is 2.98. The molecule has 3 N–H and O–H groups in total. The van der Waals surface area contributed by atoms with E-state index in [-0.39, 0.29) is 18.0 Å². The Balaban J connectivity index is 1.53. The lowest BCUT2D eigenvalue weighted by Gasteiger charge is -2.45. The SMILES string of the molecule is Cc1nc(-c2ccccc2)oc1C(=O)NC1C2CCCC1CC(N)C2. The fourth-order valence-corrected chi connectivity index (χ4v) is 4.55. The van der Waals surface area contributed by atoms with Gasteiger partial charge in [-0.05, 0) is 56.6 Å². The Morgan fingerprint density at radius 2 is 1.88 bits per heavy atom. The van der Waals surface area contributed by atoms with Crippen LogP contribution in [-0.4, -0.2) is 23.0 Å². The predicted octanol–water partition coefficient (Wildman–Crippen LogP) is 3.29. The normalized spacial score (nSPS) is 28.6. The van der Waals surface area contributed by atoms with Crippen LogP contribution in [0.4, 0.5) is 0 Å². The van der Waals surface area contributed by atoms with Gasteiger partial charge in [0.15, 0.2) is 0 Å². The van der Waals surface area contributed by atoms with Crippen LogP contribution in [-0.2, 0) is 0 Å². The van der Waals surface area contributed by atoms with E-state index in [9.17, 15) is 4.79 Å². The van der Waals surface area contributed by atoms with Crippen LogP contribution in [0.1, 0.15) is 48.4 Å². The molecule has 2 saturated carbocycles. The molecule has 0 aliphatic heterocycles. The van der Waals surface area contributed by atoms with Gasteiger partial charge in [0.25, 0.3) is 5.91 Å². The van der Waals surface area contributed by atoms with Crippen LogP contribution < -0.4 is 11.1 Å². The number of rotatable bonds is 3. The number of benzene rings is 1. The van der Waals surface area contributed by atoms with E-state index in [2.05, 4.69) is 10.3 Å². The lowest BCUT2D eigenvalue weighted by Crippen LogP contribution is -2.53. The highest BCUT2D eigenvalue weighted by atomic mass is 16.4. The first-order valence-corrected chi connectivity index (χ1v) is 9.21. The Morgan fingerprint density at radius 3 is 2.56 bits per heavy atom. The minimum atomic E-state index is -0.149. The summed E-state index contributed by atoms with van der Waals surface area (Å²) in [6.07, 6.45) is 5.56. The summed E-state index contributed by atoms with van der Waals surface area (Å²) in [5.74, 6) is 1.65. The van der Waals surface area contributed by atoms with Gasteiger partial charge in [-0.2, -0.15) is 0 Å². The first-order chi connectivity index (χ1) is 12.1. The van der Waals surface area contributed by atoms with E-state index in [4.69, 9.17) is 10.2 Å². The standard InChI is InChI=1S/C20H25N3O2/c1-12-18(25-20(22-12)13-6-3-2-4-7-13)19(24)23-17-14-8-5-9-15(17)11-16(21)10-14/h2-4,6-7,14-17H,5,8-11,21H2,1H3,(H,23,24). The van der Waals surface area contributed by atoms with Gasteiger partial charge in [0, 0.05) is 17.6 Å². The van der Waals surface area contributed by atoms with Gasteiger partial charge in [-0.3, -0.25) is 4.79 Å². The molecule has 1 aromatic heterocycles. The summed E-state index contributed by atoms with van der Waals surface area (Å²) in [4.78, 5) is 17.2. The largest absolute Gasteiger partial charge is 0.431 e. The number of hydrogen-bond donors (Lipinski definition) is 2. The number of oxazole rings is 1. The highest BCUT2D eigenvalue weighted by Gasteiger charge is 2.40. The Morgan fingerprint density at radius 1 is 1.20 bits per heavy atom. The van der Waals surface area contributed by atoms with Gasteiger partial charge < -0.3 is 15.5 Å². The summed E-state index contributed by atoms with van der Waals surface area (Å²) in [6.45, 7) is 1.82. The summed E-state index contributed by atoms with van der Waals surface area (Å²) in [5.41, 5.74) is 7.69. The molecule has 25 heavy (non-hydrogen) atoms. The highest BCUT2D eigenvalue weighted by molar-refractivity contribution is 5.93. The van der Waals surface area contributed by atoms with Crippen molar-refractivity contribution >= 4 is 5.91 Å². The van der Waals surface area contributed by atoms with Gasteiger partial charge >= 0.3 is 0 Å². The van der Waals surface area contributed by atoms with E-state index in [0.717, 1.165) is 31.2 Å². The van der Waals surface area contributed by atoms with Gasteiger partial charge in [0.1, 0.15) is 0 Å². The maximum atomic E-state index is 12.8. The van der Waals surface area contributed by atoms with Crippen LogP contribution in [0, 0.1) is 18.8 Å². The molecule has 2 aromatic rings. The lowest BCUT2D eigenvalue weighted by molar-refractivity contribution is 0.0732. The fourth-order valence-electron chi connectivity index (χ4n) is 4.55. The maximum absolute atomic E-state index is 12.8. The number of hydrogen-bond acceptors (Lipinski definition) is 4. The first kappa shape index (κ1) is 16.3. The third kappa shape index (κ3) is 3.21. The van der Waals surface area contributed by atoms with Crippen LogP contribution in [0.5, 0.6) is 0 Å². The zero-order valence-corrected chi connectivity index (χ0v) is 14.6. The Kier molecular flexibility index (Phi) is 4.34. The number of aryl methyl sites for hydroxylation is 1. The van der Waals surface area contributed by atoms with Crippen molar-refractivity contribution in [3.63, 3.8) is 0 Å². The third-order valence-electron chi connectivity index (χ3n) is 5.70. The molecule has 2 aliphatic carbocycles. The van der Waals surface area contributed by atoms with Crippen LogP contribution in [0.3, 0.4) is 0 Å². The number of aromatic nitrogens is 1. The topological polar surface area (TPSA) is 81.2 Å². The van der Waals surface area contributed by atoms with Crippen molar-refractivity contribution in [2.75, 3.05) is 0 Å². The molecule has 1 amide bonds. The third-order valence-corrected chi connectivity index (χ3v) is 5.70. The van der Waals surface area contributed by atoms with Crippen LogP contribution in [0.2, 0.25) is 0 Å². The smallest absolute Gasteiger partial charge is 0.289 e. The number of nitrogens with two attached hydrogens (primary N) is 1. The van der Waals surface area contributed by atoms with Gasteiger partial charge in [-0.15, -0.1) is 0 Å². The van der Waals surface area contributed by atoms with Gasteiger partial charge in [-0.25, -0.2) is 4.98 Å². The van der Waals surface area contributed by atoms with E-state index < -0.39 is 0 Å². The molecule has 132 valence electrons. The number of nitrogens with one attached hydrogen (secondary N) is 1. The molecular formula is C20H25N3O2. The van der Waals surface area contributed by atoms with Crippen LogP contribution in [0.25, 0.3) is 11.5 Å². The second-order valence-electron chi connectivity index (χ2n) is 7.48. The van der Waals surface area contributed by atoms with E-state index in [1.54, 1.807) is 0 Å². The van der Waals surface area contributed by atoms with Crippen molar-refractivity contribution in [2.45, 2.75) is 51.1 Å². The van der Waals surface area contributed by atoms with Crippen molar-refractivity contribution < 1.29 is 9.21 Å². The summed E-state index contributed by atoms with van der Waals surface area (Å²) in [5, 5.41) is 3.24. The van der Waals surface area contributed by atoms with E-state index >= 15 is 0 Å². The molecule has 1 aromatic carbocycles. The van der Waals surface area contributed by atoms with Crippen molar-refractivity contribution in [3.8, 4) is 11.5 Å².